The molecule has 0 saturated carbocycles. The number of aromatic hydroxyl groups is 1. The maximum absolute atomic E-state index is 12.2. The summed E-state index contributed by atoms with van der Waals surface area (Å²) in [5, 5.41) is 9.50. The van der Waals surface area contributed by atoms with Crippen molar-refractivity contribution in [1.29, 1.82) is 0 Å². The molecule has 1 saturated heterocycles. The van der Waals surface area contributed by atoms with Gasteiger partial charge in [-0.05, 0) is 38.3 Å². The number of anilines is 1. The number of nitrogen functional groups attached to an aromatic ring is 1. The Labute approximate surface area is 113 Å². The topological polar surface area (TPSA) is 75.8 Å². The molecule has 0 aliphatic carbocycles. The smallest absolute Gasteiger partial charge is 0.263 e. The Hall–Kier alpha value is -1.91. The fraction of sp³-hybridized carbons (Fsp3) is 0.500. The molecule has 5 nitrogen and oxygen atoms in total. The van der Waals surface area contributed by atoms with E-state index in [-0.39, 0.29) is 17.3 Å². The fourth-order valence-electron chi connectivity index (χ4n) is 2.25. The van der Waals surface area contributed by atoms with Crippen LogP contribution in [0.15, 0.2) is 18.2 Å². The van der Waals surface area contributed by atoms with Crippen LogP contribution in [0.25, 0.3) is 0 Å². The number of hydrogen-bond acceptors (Lipinski definition) is 4. The molecule has 1 aromatic rings. The number of ether oxygens (including phenoxy) is 1. The van der Waals surface area contributed by atoms with E-state index in [9.17, 15) is 9.90 Å². The molecule has 1 aliphatic heterocycles. The molecule has 5 heteroatoms. The molecule has 2 rings (SSSR count). The van der Waals surface area contributed by atoms with Crippen LogP contribution in [-0.2, 0) is 4.79 Å². The predicted octanol–water partition coefficient (Wildman–Crippen LogP) is 1.75. The minimum absolute atomic E-state index is 0.0255. The van der Waals surface area contributed by atoms with Crippen molar-refractivity contribution in [2.45, 2.75) is 32.3 Å². The number of likely N-dealkylation sites (tertiary alicyclic amines) is 1. The first-order chi connectivity index (χ1) is 9.09. The van der Waals surface area contributed by atoms with Gasteiger partial charge in [0.1, 0.15) is 17.2 Å². The van der Waals surface area contributed by atoms with Crippen LogP contribution in [0.1, 0.15) is 26.2 Å². The number of carbonyl (C=O) groups is 1. The van der Waals surface area contributed by atoms with E-state index >= 15 is 0 Å². The van der Waals surface area contributed by atoms with Gasteiger partial charge in [0.15, 0.2) is 6.10 Å². The lowest BCUT2D eigenvalue weighted by Crippen LogP contribution is -2.43. The normalized spacial score (nSPS) is 17.0. The fourth-order valence-corrected chi connectivity index (χ4v) is 2.25. The Morgan fingerprint density at radius 1 is 1.37 bits per heavy atom. The summed E-state index contributed by atoms with van der Waals surface area (Å²) in [6.07, 6.45) is 2.68. The standard InChI is InChI=1S/C14H20N2O3/c1-10(14(18)16-8-3-2-4-9-16)19-12-7-5-6-11(17)13(12)15/h5-7,10,17H,2-4,8-9,15H2,1H3. The average Bonchev–Trinajstić information content (AvgIpc) is 2.44. The Bertz CT molecular complexity index is 456. The Morgan fingerprint density at radius 3 is 2.74 bits per heavy atom. The highest BCUT2D eigenvalue weighted by Crippen LogP contribution is 2.30. The highest BCUT2D eigenvalue weighted by molar-refractivity contribution is 5.81. The van der Waals surface area contributed by atoms with Crippen LogP contribution in [0.2, 0.25) is 0 Å². The molecule has 1 amide bonds. The molecule has 0 spiro atoms. The molecule has 1 fully saturated rings. The molecule has 0 radical (unpaired) electrons. The van der Waals surface area contributed by atoms with E-state index in [1.54, 1.807) is 19.1 Å². The summed E-state index contributed by atoms with van der Waals surface area (Å²) in [7, 11) is 0. The lowest BCUT2D eigenvalue weighted by atomic mass is 10.1. The summed E-state index contributed by atoms with van der Waals surface area (Å²) in [4.78, 5) is 14.0. The lowest BCUT2D eigenvalue weighted by molar-refractivity contribution is -0.138. The molecule has 1 aromatic carbocycles. The van der Waals surface area contributed by atoms with Gasteiger partial charge in [0.2, 0.25) is 0 Å². The van der Waals surface area contributed by atoms with Gasteiger partial charge in [0, 0.05) is 13.1 Å². The third-order valence-electron chi connectivity index (χ3n) is 3.36. The highest BCUT2D eigenvalue weighted by atomic mass is 16.5. The Balaban J connectivity index is 2.01. The average molecular weight is 264 g/mol. The summed E-state index contributed by atoms with van der Waals surface area (Å²) in [6, 6.07) is 4.77. The molecule has 3 N–H and O–H groups in total. The summed E-state index contributed by atoms with van der Waals surface area (Å²) in [5.74, 6) is 0.287. The Morgan fingerprint density at radius 2 is 2.05 bits per heavy atom. The van der Waals surface area contributed by atoms with Crippen molar-refractivity contribution < 1.29 is 14.6 Å². The van der Waals surface area contributed by atoms with Crippen molar-refractivity contribution >= 4 is 11.6 Å². The number of para-hydroxylation sites is 1. The van der Waals surface area contributed by atoms with Crippen LogP contribution < -0.4 is 10.5 Å². The maximum atomic E-state index is 12.2. The van der Waals surface area contributed by atoms with E-state index < -0.39 is 6.10 Å². The number of hydrogen-bond donors (Lipinski definition) is 2. The first-order valence-electron chi connectivity index (χ1n) is 6.62. The van der Waals surface area contributed by atoms with Crippen LogP contribution in [0.5, 0.6) is 11.5 Å². The quantitative estimate of drug-likeness (QED) is 0.644. The maximum Gasteiger partial charge on any atom is 0.263 e. The van der Waals surface area contributed by atoms with Gasteiger partial charge in [-0.2, -0.15) is 0 Å². The largest absolute Gasteiger partial charge is 0.506 e. The molecule has 1 unspecified atom stereocenters. The number of amides is 1. The minimum Gasteiger partial charge on any atom is -0.506 e. The van der Waals surface area contributed by atoms with Crippen LogP contribution in [-0.4, -0.2) is 35.1 Å². The molecular formula is C14H20N2O3. The SMILES string of the molecule is CC(Oc1cccc(O)c1N)C(=O)N1CCCCC1. The van der Waals surface area contributed by atoms with Crippen molar-refractivity contribution in [3.63, 3.8) is 0 Å². The van der Waals surface area contributed by atoms with Crippen LogP contribution in [0, 0.1) is 0 Å². The number of nitrogens with zero attached hydrogens (tertiary/aromatic N) is 1. The van der Waals surface area contributed by atoms with Gasteiger partial charge in [0.05, 0.1) is 0 Å². The van der Waals surface area contributed by atoms with Gasteiger partial charge < -0.3 is 20.5 Å². The predicted molar refractivity (Wildman–Crippen MR) is 73.0 cm³/mol. The molecular weight excluding hydrogens is 244 g/mol. The van der Waals surface area contributed by atoms with Crippen LogP contribution >= 0.6 is 0 Å². The van der Waals surface area contributed by atoms with E-state index in [1.165, 1.54) is 12.5 Å². The number of phenols is 1. The van der Waals surface area contributed by atoms with Gasteiger partial charge in [-0.25, -0.2) is 0 Å². The van der Waals surface area contributed by atoms with E-state index in [4.69, 9.17) is 10.5 Å². The lowest BCUT2D eigenvalue weighted by Gasteiger charge is -2.29. The highest BCUT2D eigenvalue weighted by Gasteiger charge is 2.24. The van der Waals surface area contributed by atoms with Crippen molar-refractivity contribution in [2.24, 2.45) is 0 Å². The molecule has 0 aromatic heterocycles. The van der Waals surface area contributed by atoms with Gasteiger partial charge in [0.25, 0.3) is 5.91 Å². The molecule has 19 heavy (non-hydrogen) atoms. The molecule has 0 bridgehead atoms. The third kappa shape index (κ3) is 3.10. The monoisotopic (exact) mass is 264 g/mol. The second-order valence-corrected chi connectivity index (χ2v) is 4.83. The Kier molecular flexibility index (Phi) is 4.14. The van der Waals surface area contributed by atoms with Crippen molar-refractivity contribution in [3.05, 3.63) is 18.2 Å². The number of nitrogens with two attached hydrogens (primary N) is 1. The minimum atomic E-state index is -0.595. The van der Waals surface area contributed by atoms with E-state index in [2.05, 4.69) is 0 Å². The van der Waals surface area contributed by atoms with E-state index in [1.807, 2.05) is 4.90 Å². The number of phenolic OH excluding ortho intramolecular Hbond substituents is 1. The zero-order valence-electron chi connectivity index (χ0n) is 11.1. The molecule has 1 aliphatic rings. The van der Waals surface area contributed by atoms with Crippen LogP contribution in [0.3, 0.4) is 0 Å². The van der Waals surface area contributed by atoms with Crippen LogP contribution in [0.4, 0.5) is 5.69 Å². The summed E-state index contributed by atoms with van der Waals surface area (Å²) >= 11 is 0. The summed E-state index contributed by atoms with van der Waals surface area (Å²) in [6.45, 7) is 3.30. The zero-order valence-corrected chi connectivity index (χ0v) is 11.1. The van der Waals surface area contributed by atoms with Crippen molar-refractivity contribution in [2.75, 3.05) is 18.8 Å². The second-order valence-electron chi connectivity index (χ2n) is 4.83. The summed E-state index contributed by atoms with van der Waals surface area (Å²) in [5.41, 5.74) is 5.88. The van der Waals surface area contributed by atoms with Crippen molar-refractivity contribution in [1.82, 2.24) is 4.90 Å². The van der Waals surface area contributed by atoms with Gasteiger partial charge in [-0.15, -0.1) is 0 Å². The van der Waals surface area contributed by atoms with Crippen molar-refractivity contribution in [3.8, 4) is 11.5 Å². The first kappa shape index (κ1) is 13.5. The van der Waals surface area contributed by atoms with E-state index in [0.717, 1.165) is 25.9 Å². The molecule has 1 heterocycles. The molecule has 1 atom stereocenters. The third-order valence-corrected chi connectivity index (χ3v) is 3.36. The first-order valence-corrected chi connectivity index (χ1v) is 6.62. The number of rotatable bonds is 3. The van der Waals surface area contributed by atoms with Gasteiger partial charge in [-0.1, -0.05) is 6.07 Å². The number of carbonyl (C=O) groups excluding carboxylic acids is 1. The van der Waals surface area contributed by atoms with E-state index in [0.29, 0.717) is 5.75 Å². The second kappa shape index (κ2) is 5.82. The summed E-state index contributed by atoms with van der Waals surface area (Å²) < 4.78 is 5.56. The molecule has 104 valence electrons. The van der Waals surface area contributed by atoms with Gasteiger partial charge >= 0.3 is 0 Å². The number of benzene rings is 1. The zero-order chi connectivity index (χ0) is 13.8. The number of piperidine rings is 1. The van der Waals surface area contributed by atoms with Gasteiger partial charge in [-0.3, -0.25) is 4.79 Å².